The molecule has 0 spiro atoms. The molecule has 0 bridgehead atoms. The molecule has 0 unspecified atom stereocenters. The van der Waals surface area contributed by atoms with Gasteiger partial charge in [-0.25, -0.2) is 9.97 Å². The fourth-order valence-electron chi connectivity index (χ4n) is 2.17. The van der Waals surface area contributed by atoms with Crippen molar-refractivity contribution < 1.29 is 14.1 Å². The molecule has 0 saturated carbocycles. The van der Waals surface area contributed by atoms with Crippen molar-refractivity contribution >= 4 is 5.91 Å². The molecule has 1 fully saturated rings. The Balaban J connectivity index is 1.55. The van der Waals surface area contributed by atoms with Crippen LogP contribution in [0.15, 0.2) is 29.2 Å². The lowest BCUT2D eigenvalue weighted by molar-refractivity contribution is 0.00940. The number of nitrogens with zero attached hydrogens (tertiary/aromatic N) is 3. The first-order valence-electron chi connectivity index (χ1n) is 6.94. The Labute approximate surface area is 121 Å². The number of carbonyl (C=O) groups excluding carboxylic acids is 1. The minimum Gasteiger partial charge on any atom is -0.370 e. The summed E-state index contributed by atoms with van der Waals surface area (Å²) in [6.07, 6.45) is 7.98. The van der Waals surface area contributed by atoms with Crippen LogP contribution in [0.25, 0.3) is 0 Å². The van der Waals surface area contributed by atoms with Gasteiger partial charge in [0.1, 0.15) is 12.4 Å². The molecule has 1 atom stereocenters. The molecule has 2 aromatic rings. The summed E-state index contributed by atoms with van der Waals surface area (Å²) in [6.45, 7) is 1.11. The summed E-state index contributed by atoms with van der Waals surface area (Å²) in [4.78, 5) is 20.3. The molecule has 1 aliphatic rings. The molecular formula is C14H16N4O3. The standard InChI is InChI=1S/C14H16N4O3/c19-14(11-4-6-21-18-11)17-9-10-7-15-13(16-8-10)12-3-1-2-5-20-12/h4,6-8,12H,1-3,5,9H2,(H,17,19)/t12-/m1/s1. The van der Waals surface area contributed by atoms with Gasteiger partial charge in [-0.3, -0.25) is 4.79 Å². The van der Waals surface area contributed by atoms with Crippen LogP contribution in [0.5, 0.6) is 0 Å². The molecule has 0 aliphatic carbocycles. The van der Waals surface area contributed by atoms with Gasteiger partial charge in [-0.2, -0.15) is 0 Å². The van der Waals surface area contributed by atoms with Crippen LogP contribution in [0.1, 0.15) is 47.2 Å². The summed E-state index contributed by atoms with van der Waals surface area (Å²) in [5.74, 6) is 0.421. The molecule has 2 aromatic heterocycles. The van der Waals surface area contributed by atoms with Crippen LogP contribution in [0.2, 0.25) is 0 Å². The van der Waals surface area contributed by atoms with Crippen molar-refractivity contribution in [3.63, 3.8) is 0 Å². The van der Waals surface area contributed by atoms with E-state index in [9.17, 15) is 4.79 Å². The molecule has 0 aromatic carbocycles. The molecule has 3 rings (SSSR count). The number of rotatable bonds is 4. The van der Waals surface area contributed by atoms with Crippen LogP contribution < -0.4 is 5.32 Å². The number of carbonyl (C=O) groups is 1. The summed E-state index contributed by atoms with van der Waals surface area (Å²) in [6, 6.07) is 1.51. The van der Waals surface area contributed by atoms with E-state index in [0.717, 1.165) is 31.4 Å². The lowest BCUT2D eigenvalue weighted by atomic mass is 10.1. The molecule has 1 N–H and O–H groups in total. The van der Waals surface area contributed by atoms with Gasteiger partial charge in [-0.15, -0.1) is 0 Å². The van der Waals surface area contributed by atoms with Gasteiger partial charge in [0.2, 0.25) is 0 Å². The zero-order valence-corrected chi connectivity index (χ0v) is 11.5. The number of ether oxygens (including phenoxy) is 1. The maximum absolute atomic E-state index is 11.7. The van der Waals surface area contributed by atoms with Crippen LogP contribution in [0.4, 0.5) is 0 Å². The molecule has 3 heterocycles. The second kappa shape index (κ2) is 6.45. The van der Waals surface area contributed by atoms with E-state index in [1.165, 1.54) is 12.3 Å². The average molecular weight is 288 g/mol. The topological polar surface area (TPSA) is 90.1 Å². The van der Waals surface area contributed by atoms with E-state index < -0.39 is 0 Å². The molecule has 1 amide bonds. The molecule has 0 radical (unpaired) electrons. The molecular weight excluding hydrogens is 272 g/mol. The molecule has 7 heteroatoms. The van der Waals surface area contributed by atoms with Gasteiger partial charge in [0.25, 0.3) is 5.91 Å². The van der Waals surface area contributed by atoms with Crippen LogP contribution in [0, 0.1) is 0 Å². The smallest absolute Gasteiger partial charge is 0.273 e. The second-order valence-corrected chi connectivity index (χ2v) is 4.87. The third-order valence-electron chi connectivity index (χ3n) is 3.32. The Morgan fingerprint density at radius 1 is 1.33 bits per heavy atom. The van der Waals surface area contributed by atoms with Gasteiger partial charge < -0.3 is 14.6 Å². The Bertz CT molecular complexity index is 577. The van der Waals surface area contributed by atoms with Crippen molar-refractivity contribution in [2.45, 2.75) is 31.9 Å². The van der Waals surface area contributed by atoms with Crippen LogP contribution in [0.3, 0.4) is 0 Å². The van der Waals surface area contributed by atoms with Gasteiger partial charge >= 0.3 is 0 Å². The monoisotopic (exact) mass is 288 g/mol. The van der Waals surface area contributed by atoms with Gasteiger partial charge in [0.05, 0.1) is 0 Å². The summed E-state index contributed by atoms with van der Waals surface area (Å²) in [5, 5.41) is 6.30. The Kier molecular flexibility index (Phi) is 4.20. The van der Waals surface area contributed by atoms with Gasteiger partial charge in [0.15, 0.2) is 11.5 Å². The summed E-state index contributed by atoms with van der Waals surface area (Å²) >= 11 is 0. The zero-order valence-electron chi connectivity index (χ0n) is 11.5. The summed E-state index contributed by atoms with van der Waals surface area (Å²) in [7, 11) is 0. The fraction of sp³-hybridized carbons (Fsp3) is 0.429. The summed E-state index contributed by atoms with van der Waals surface area (Å²) < 4.78 is 10.3. The normalized spacial score (nSPS) is 18.4. The van der Waals surface area contributed by atoms with E-state index in [2.05, 4.69) is 25.0 Å². The number of nitrogens with one attached hydrogen (secondary N) is 1. The van der Waals surface area contributed by atoms with Crippen molar-refractivity contribution in [2.75, 3.05) is 6.61 Å². The zero-order chi connectivity index (χ0) is 14.5. The first kappa shape index (κ1) is 13.7. The number of hydrogen-bond acceptors (Lipinski definition) is 6. The van der Waals surface area contributed by atoms with E-state index in [4.69, 9.17) is 4.74 Å². The van der Waals surface area contributed by atoms with E-state index in [0.29, 0.717) is 12.4 Å². The maximum atomic E-state index is 11.7. The van der Waals surface area contributed by atoms with Crippen LogP contribution in [-0.4, -0.2) is 27.6 Å². The van der Waals surface area contributed by atoms with Crippen molar-refractivity contribution in [1.82, 2.24) is 20.4 Å². The highest BCUT2D eigenvalue weighted by Gasteiger charge is 2.18. The maximum Gasteiger partial charge on any atom is 0.273 e. The number of hydrogen-bond donors (Lipinski definition) is 1. The van der Waals surface area contributed by atoms with E-state index >= 15 is 0 Å². The Morgan fingerprint density at radius 3 is 2.86 bits per heavy atom. The first-order valence-corrected chi connectivity index (χ1v) is 6.94. The minimum absolute atomic E-state index is 0.00229. The molecule has 1 aliphatic heterocycles. The van der Waals surface area contributed by atoms with Gasteiger partial charge in [-0.05, 0) is 19.3 Å². The Hall–Kier alpha value is -2.28. The van der Waals surface area contributed by atoms with Crippen LogP contribution >= 0.6 is 0 Å². The summed E-state index contributed by atoms with van der Waals surface area (Å²) in [5.41, 5.74) is 1.08. The number of aromatic nitrogens is 3. The highest BCUT2D eigenvalue weighted by Crippen LogP contribution is 2.24. The lowest BCUT2D eigenvalue weighted by Gasteiger charge is -2.21. The van der Waals surface area contributed by atoms with E-state index in [1.54, 1.807) is 12.4 Å². The van der Waals surface area contributed by atoms with Crippen molar-refractivity contribution in [2.24, 2.45) is 0 Å². The largest absolute Gasteiger partial charge is 0.370 e. The fourth-order valence-corrected chi connectivity index (χ4v) is 2.17. The predicted octanol–water partition coefficient (Wildman–Crippen LogP) is 1.64. The predicted molar refractivity (Wildman–Crippen MR) is 72.2 cm³/mol. The Morgan fingerprint density at radius 2 is 2.19 bits per heavy atom. The molecule has 1 saturated heterocycles. The van der Waals surface area contributed by atoms with Crippen molar-refractivity contribution in [3.8, 4) is 0 Å². The average Bonchev–Trinajstić information content (AvgIpc) is 3.08. The number of amides is 1. The van der Waals surface area contributed by atoms with Crippen molar-refractivity contribution in [1.29, 1.82) is 0 Å². The van der Waals surface area contributed by atoms with Gasteiger partial charge in [-0.1, -0.05) is 5.16 Å². The quantitative estimate of drug-likeness (QED) is 0.919. The molecule has 110 valence electrons. The third-order valence-corrected chi connectivity index (χ3v) is 3.32. The van der Waals surface area contributed by atoms with Crippen molar-refractivity contribution in [3.05, 3.63) is 41.8 Å². The lowest BCUT2D eigenvalue weighted by Crippen LogP contribution is -2.23. The highest BCUT2D eigenvalue weighted by molar-refractivity contribution is 5.91. The first-order chi connectivity index (χ1) is 10.3. The van der Waals surface area contributed by atoms with Gasteiger partial charge in [0, 0.05) is 37.2 Å². The van der Waals surface area contributed by atoms with E-state index in [-0.39, 0.29) is 17.7 Å². The second-order valence-electron chi connectivity index (χ2n) is 4.87. The highest BCUT2D eigenvalue weighted by atomic mass is 16.5. The van der Waals surface area contributed by atoms with Crippen LogP contribution in [-0.2, 0) is 11.3 Å². The SMILES string of the molecule is O=C(NCc1cnc([C@H]2CCCCO2)nc1)c1ccon1. The molecule has 21 heavy (non-hydrogen) atoms. The third kappa shape index (κ3) is 3.43. The minimum atomic E-state index is -0.288. The molecule has 7 nitrogen and oxygen atoms in total. The van der Waals surface area contributed by atoms with E-state index in [1.807, 2.05) is 0 Å².